The van der Waals surface area contributed by atoms with E-state index < -0.39 is 5.41 Å². The molecule has 2 amide bonds. The zero-order valence-electron chi connectivity index (χ0n) is 17.7. The van der Waals surface area contributed by atoms with Crippen LogP contribution in [-0.4, -0.2) is 65.3 Å². The van der Waals surface area contributed by atoms with Gasteiger partial charge < -0.3 is 9.80 Å². The SMILES string of the molecule is CCC1CCCCN1C(=O)C(C)(C)C(=O)N1CCN(Cc2ccccc2)CC1. The summed E-state index contributed by atoms with van der Waals surface area (Å²) >= 11 is 0. The van der Waals surface area contributed by atoms with Crippen molar-refractivity contribution in [1.82, 2.24) is 14.7 Å². The van der Waals surface area contributed by atoms with E-state index in [1.165, 1.54) is 12.0 Å². The summed E-state index contributed by atoms with van der Waals surface area (Å²) in [6.45, 7) is 10.6. The Balaban J connectivity index is 1.58. The van der Waals surface area contributed by atoms with Crippen molar-refractivity contribution >= 4 is 11.8 Å². The molecule has 154 valence electrons. The van der Waals surface area contributed by atoms with E-state index in [-0.39, 0.29) is 17.9 Å². The molecule has 1 atom stereocenters. The minimum Gasteiger partial charge on any atom is -0.339 e. The lowest BCUT2D eigenvalue weighted by Crippen LogP contribution is -2.57. The van der Waals surface area contributed by atoms with Crippen LogP contribution in [0.1, 0.15) is 52.0 Å². The molecule has 2 saturated heterocycles. The van der Waals surface area contributed by atoms with Crippen molar-refractivity contribution < 1.29 is 9.59 Å². The van der Waals surface area contributed by atoms with Gasteiger partial charge in [-0.1, -0.05) is 37.3 Å². The molecule has 3 rings (SSSR count). The van der Waals surface area contributed by atoms with E-state index in [0.29, 0.717) is 13.1 Å². The summed E-state index contributed by atoms with van der Waals surface area (Å²) in [4.78, 5) is 32.7. The van der Waals surface area contributed by atoms with E-state index in [4.69, 9.17) is 0 Å². The molecule has 1 unspecified atom stereocenters. The van der Waals surface area contributed by atoms with E-state index >= 15 is 0 Å². The highest BCUT2D eigenvalue weighted by atomic mass is 16.2. The van der Waals surface area contributed by atoms with Crippen molar-refractivity contribution in [3.8, 4) is 0 Å². The van der Waals surface area contributed by atoms with E-state index in [9.17, 15) is 9.59 Å². The monoisotopic (exact) mass is 385 g/mol. The summed E-state index contributed by atoms with van der Waals surface area (Å²) in [5.41, 5.74) is 0.320. The summed E-state index contributed by atoms with van der Waals surface area (Å²) in [6.07, 6.45) is 4.25. The van der Waals surface area contributed by atoms with Gasteiger partial charge in [0.25, 0.3) is 0 Å². The summed E-state index contributed by atoms with van der Waals surface area (Å²) in [5.74, 6) is -0.00643. The Bertz CT molecular complexity index is 666. The van der Waals surface area contributed by atoms with Crippen molar-refractivity contribution in [3.05, 3.63) is 35.9 Å². The number of piperidine rings is 1. The Morgan fingerprint density at radius 3 is 2.29 bits per heavy atom. The predicted molar refractivity (Wildman–Crippen MR) is 112 cm³/mol. The van der Waals surface area contributed by atoms with E-state index in [1.54, 1.807) is 0 Å². The number of likely N-dealkylation sites (tertiary alicyclic amines) is 1. The fourth-order valence-electron chi connectivity index (χ4n) is 4.49. The first kappa shape index (κ1) is 20.8. The second-order valence-corrected chi connectivity index (χ2v) is 8.74. The number of carbonyl (C=O) groups excluding carboxylic acids is 2. The molecule has 2 fully saturated rings. The number of hydrogen-bond acceptors (Lipinski definition) is 3. The third-order valence-electron chi connectivity index (χ3n) is 6.34. The number of hydrogen-bond donors (Lipinski definition) is 0. The zero-order chi connectivity index (χ0) is 20.1. The molecule has 0 radical (unpaired) electrons. The summed E-state index contributed by atoms with van der Waals surface area (Å²) in [6, 6.07) is 10.7. The van der Waals surface area contributed by atoms with Crippen LogP contribution in [0.2, 0.25) is 0 Å². The maximum absolute atomic E-state index is 13.2. The van der Waals surface area contributed by atoms with Crippen LogP contribution in [-0.2, 0) is 16.1 Å². The Labute approximate surface area is 169 Å². The van der Waals surface area contributed by atoms with Crippen LogP contribution in [0.5, 0.6) is 0 Å². The van der Waals surface area contributed by atoms with Gasteiger partial charge in [-0.3, -0.25) is 14.5 Å². The van der Waals surface area contributed by atoms with Gasteiger partial charge in [-0.2, -0.15) is 0 Å². The molecule has 28 heavy (non-hydrogen) atoms. The maximum atomic E-state index is 13.2. The van der Waals surface area contributed by atoms with Gasteiger partial charge in [0.15, 0.2) is 0 Å². The van der Waals surface area contributed by atoms with Crippen LogP contribution in [0.3, 0.4) is 0 Å². The Hall–Kier alpha value is -1.88. The molecule has 2 aliphatic heterocycles. The van der Waals surface area contributed by atoms with Gasteiger partial charge in [-0.15, -0.1) is 0 Å². The molecule has 0 spiro atoms. The van der Waals surface area contributed by atoms with E-state index in [1.807, 2.05) is 29.7 Å². The quantitative estimate of drug-likeness (QED) is 0.732. The van der Waals surface area contributed by atoms with Crippen LogP contribution in [0.15, 0.2) is 30.3 Å². The Kier molecular flexibility index (Phi) is 6.76. The van der Waals surface area contributed by atoms with Crippen molar-refractivity contribution in [2.75, 3.05) is 32.7 Å². The molecule has 1 aromatic carbocycles. The number of piperazine rings is 1. The standard InChI is InChI=1S/C23H35N3O2/c1-4-20-12-8-9-13-26(20)22(28)23(2,3)21(27)25-16-14-24(15-17-25)18-19-10-6-5-7-11-19/h5-7,10-11,20H,4,8-9,12-18H2,1-3H3. The third kappa shape index (κ3) is 4.57. The van der Waals surface area contributed by atoms with Crippen LogP contribution < -0.4 is 0 Å². The first-order valence-corrected chi connectivity index (χ1v) is 10.8. The number of benzene rings is 1. The Morgan fingerprint density at radius 2 is 1.64 bits per heavy atom. The minimum atomic E-state index is -0.980. The molecule has 0 N–H and O–H groups in total. The average Bonchev–Trinajstić information content (AvgIpc) is 2.74. The lowest BCUT2D eigenvalue weighted by molar-refractivity contribution is -0.157. The summed E-state index contributed by atoms with van der Waals surface area (Å²) in [5, 5.41) is 0. The largest absolute Gasteiger partial charge is 0.339 e. The van der Waals surface area contributed by atoms with Gasteiger partial charge in [-0.05, 0) is 45.1 Å². The molecular formula is C23H35N3O2. The van der Waals surface area contributed by atoms with Crippen LogP contribution in [0.25, 0.3) is 0 Å². The lowest BCUT2D eigenvalue weighted by atomic mass is 9.87. The van der Waals surface area contributed by atoms with Gasteiger partial charge in [-0.25, -0.2) is 0 Å². The highest BCUT2D eigenvalue weighted by Gasteiger charge is 2.44. The van der Waals surface area contributed by atoms with Gasteiger partial charge in [0.05, 0.1) is 0 Å². The predicted octanol–water partition coefficient (Wildman–Crippen LogP) is 3.15. The summed E-state index contributed by atoms with van der Waals surface area (Å²) in [7, 11) is 0. The molecule has 0 saturated carbocycles. The second-order valence-electron chi connectivity index (χ2n) is 8.74. The van der Waals surface area contributed by atoms with Crippen molar-refractivity contribution in [2.45, 2.75) is 59.0 Å². The van der Waals surface area contributed by atoms with Gasteiger partial charge in [0.2, 0.25) is 11.8 Å². The van der Waals surface area contributed by atoms with Gasteiger partial charge >= 0.3 is 0 Å². The molecule has 0 aromatic heterocycles. The molecule has 1 aromatic rings. The normalized spacial score (nSPS) is 21.6. The number of rotatable bonds is 5. The fourth-order valence-corrected chi connectivity index (χ4v) is 4.49. The fraction of sp³-hybridized carbons (Fsp3) is 0.652. The van der Waals surface area contributed by atoms with E-state index in [0.717, 1.165) is 45.4 Å². The maximum Gasteiger partial charge on any atom is 0.237 e. The van der Waals surface area contributed by atoms with Crippen molar-refractivity contribution in [2.24, 2.45) is 5.41 Å². The first-order valence-electron chi connectivity index (χ1n) is 10.8. The number of carbonyl (C=O) groups is 2. The van der Waals surface area contributed by atoms with Crippen LogP contribution >= 0.6 is 0 Å². The lowest BCUT2D eigenvalue weighted by Gasteiger charge is -2.42. The topological polar surface area (TPSA) is 43.9 Å². The highest BCUT2D eigenvalue weighted by molar-refractivity contribution is 6.04. The molecule has 0 aliphatic carbocycles. The molecule has 0 bridgehead atoms. The van der Waals surface area contributed by atoms with Gasteiger partial charge in [0.1, 0.15) is 5.41 Å². The zero-order valence-corrected chi connectivity index (χ0v) is 17.7. The Morgan fingerprint density at radius 1 is 0.964 bits per heavy atom. The summed E-state index contributed by atoms with van der Waals surface area (Å²) < 4.78 is 0. The minimum absolute atomic E-state index is 0.00997. The first-order chi connectivity index (χ1) is 13.4. The van der Waals surface area contributed by atoms with Crippen LogP contribution in [0, 0.1) is 5.41 Å². The van der Waals surface area contributed by atoms with Crippen LogP contribution in [0.4, 0.5) is 0 Å². The van der Waals surface area contributed by atoms with E-state index in [2.05, 4.69) is 36.1 Å². The van der Waals surface area contributed by atoms with Gasteiger partial charge in [0, 0.05) is 45.3 Å². The van der Waals surface area contributed by atoms with Crippen molar-refractivity contribution in [3.63, 3.8) is 0 Å². The molecule has 2 aliphatic rings. The smallest absolute Gasteiger partial charge is 0.237 e. The average molecular weight is 386 g/mol. The number of amides is 2. The highest BCUT2D eigenvalue weighted by Crippen LogP contribution is 2.29. The molecule has 5 heteroatoms. The molecular weight excluding hydrogens is 350 g/mol. The molecule has 2 heterocycles. The molecule has 5 nitrogen and oxygen atoms in total. The van der Waals surface area contributed by atoms with Crippen molar-refractivity contribution in [1.29, 1.82) is 0 Å². The number of nitrogens with zero attached hydrogens (tertiary/aromatic N) is 3. The third-order valence-corrected chi connectivity index (χ3v) is 6.34. The second kappa shape index (κ2) is 9.08.